The largest absolute Gasteiger partial charge is 0.494 e. The third kappa shape index (κ3) is 21.1. The van der Waals surface area contributed by atoms with Gasteiger partial charge in [-0.2, -0.15) is 0 Å². The molecular weight excluding hydrogens is 594 g/mol. The van der Waals surface area contributed by atoms with Crippen LogP contribution in [0.15, 0.2) is 24.3 Å². The molecular formula is C43H75NO4. The molecule has 48 heavy (non-hydrogen) atoms. The lowest BCUT2D eigenvalue weighted by Crippen LogP contribution is -2.35. The molecule has 5 heteroatoms. The predicted molar refractivity (Wildman–Crippen MR) is 202 cm³/mol. The van der Waals surface area contributed by atoms with Gasteiger partial charge in [0.2, 0.25) is 12.1 Å². The van der Waals surface area contributed by atoms with Crippen molar-refractivity contribution in [3.05, 3.63) is 29.8 Å². The highest BCUT2D eigenvalue weighted by atomic mass is 16.6. The molecule has 0 radical (unpaired) electrons. The highest BCUT2D eigenvalue weighted by Gasteiger charge is 2.31. The van der Waals surface area contributed by atoms with Crippen molar-refractivity contribution in [3.63, 3.8) is 0 Å². The van der Waals surface area contributed by atoms with Crippen LogP contribution in [0.25, 0.3) is 0 Å². The minimum absolute atomic E-state index is 0.0131. The molecule has 0 bridgehead atoms. The Balaban J connectivity index is 1.57. The molecule has 0 aromatic heterocycles. The van der Waals surface area contributed by atoms with Crippen LogP contribution >= 0.6 is 0 Å². The van der Waals surface area contributed by atoms with E-state index < -0.39 is 6.23 Å². The number of carbonyl (C=O) groups excluding carboxylic acids is 2. The van der Waals surface area contributed by atoms with E-state index in [2.05, 4.69) is 13.8 Å². The topological polar surface area (TPSA) is 55.8 Å². The quantitative estimate of drug-likeness (QED) is 0.0566. The molecule has 276 valence electrons. The number of ether oxygens (including phenoxy) is 2. The molecule has 1 aromatic rings. The van der Waals surface area contributed by atoms with Crippen LogP contribution in [0.1, 0.15) is 218 Å². The first-order valence-electron chi connectivity index (χ1n) is 20.9. The lowest BCUT2D eigenvalue weighted by molar-refractivity contribution is -0.160. The average Bonchev–Trinajstić information content (AvgIpc) is 3.24. The normalized spacial score (nSPS) is 15.1. The van der Waals surface area contributed by atoms with E-state index in [4.69, 9.17) is 9.47 Å². The van der Waals surface area contributed by atoms with E-state index in [-0.39, 0.29) is 24.7 Å². The first-order chi connectivity index (χ1) is 23.7. The van der Waals surface area contributed by atoms with E-state index >= 15 is 0 Å². The molecule has 1 aliphatic rings. The fourth-order valence-corrected chi connectivity index (χ4v) is 6.91. The molecule has 2 rings (SSSR count). The van der Waals surface area contributed by atoms with Crippen molar-refractivity contribution in [1.82, 2.24) is 4.90 Å². The number of amides is 1. The zero-order chi connectivity index (χ0) is 34.3. The second kappa shape index (κ2) is 29.8. The lowest BCUT2D eigenvalue weighted by Gasteiger charge is -2.29. The molecule has 5 nitrogen and oxygen atoms in total. The third-order valence-corrected chi connectivity index (χ3v) is 10.1. The Labute approximate surface area is 296 Å². The molecule has 1 fully saturated rings. The molecule has 0 aliphatic carbocycles. The van der Waals surface area contributed by atoms with Gasteiger partial charge in [0.1, 0.15) is 5.75 Å². The van der Waals surface area contributed by atoms with Gasteiger partial charge in [0.15, 0.2) is 0 Å². The minimum Gasteiger partial charge on any atom is -0.494 e. The van der Waals surface area contributed by atoms with Crippen LogP contribution in [-0.4, -0.2) is 29.9 Å². The van der Waals surface area contributed by atoms with E-state index in [1.54, 1.807) is 4.90 Å². The van der Waals surface area contributed by atoms with Crippen molar-refractivity contribution in [3.8, 4) is 5.75 Å². The summed E-state index contributed by atoms with van der Waals surface area (Å²) in [4.78, 5) is 27.2. The minimum atomic E-state index is -0.644. The Bertz CT molecular complexity index is 901. The molecule has 0 spiro atoms. The van der Waals surface area contributed by atoms with E-state index in [0.717, 1.165) is 37.2 Å². The molecule has 0 N–H and O–H groups in total. The summed E-state index contributed by atoms with van der Waals surface area (Å²) >= 11 is 0. The van der Waals surface area contributed by atoms with Gasteiger partial charge in [-0.3, -0.25) is 9.59 Å². The predicted octanol–water partition coefficient (Wildman–Crippen LogP) is 13.2. The van der Waals surface area contributed by atoms with E-state index in [1.165, 1.54) is 161 Å². The van der Waals surface area contributed by atoms with E-state index in [1.807, 2.05) is 24.3 Å². The van der Waals surface area contributed by atoms with E-state index in [9.17, 15) is 9.59 Å². The Morgan fingerprint density at radius 1 is 0.542 bits per heavy atom. The van der Waals surface area contributed by atoms with Gasteiger partial charge in [0.25, 0.3) is 0 Å². The number of carbonyl (C=O) groups is 2. The molecule has 1 saturated heterocycles. The van der Waals surface area contributed by atoms with Crippen molar-refractivity contribution in [2.24, 2.45) is 0 Å². The van der Waals surface area contributed by atoms with Gasteiger partial charge >= 0.3 is 5.97 Å². The number of rotatable bonds is 32. The zero-order valence-electron chi connectivity index (χ0n) is 31.6. The highest BCUT2D eigenvalue weighted by Crippen LogP contribution is 2.29. The third-order valence-electron chi connectivity index (χ3n) is 10.1. The summed E-state index contributed by atoms with van der Waals surface area (Å²) < 4.78 is 11.8. The zero-order valence-corrected chi connectivity index (χ0v) is 31.6. The number of esters is 1. The maximum Gasteiger partial charge on any atom is 0.308 e. The summed E-state index contributed by atoms with van der Waals surface area (Å²) in [6, 6.07) is 7.81. The second-order valence-electron chi connectivity index (χ2n) is 14.5. The van der Waals surface area contributed by atoms with Gasteiger partial charge in [-0.15, -0.1) is 0 Å². The molecule has 1 unspecified atom stereocenters. The fraction of sp³-hybridized carbons (Fsp3) is 0.814. The van der Waals surface area contributed by atoms with Gasteiger partial charge in [0, 0.05) is 18.5 Å². The fourth-order valence-electron chi connectivity index (χ4n) is 6.91. The number of hydrogen-bond acceptors (Lipinski definition) is 4. The first-order valence-corrected chi connectivity index (χ1v) is 20.9. The molecule has 1 atom stereocenters. The summed E-state index contributed by atoms with van der Waals surface area (Å²) in [6.07, 6.45) is 36.9. The smallest absolute Gasteiger partial charge is 0.308 e. The van der Waals surface area contributed by atoms with Crippen LogP contribution < -0.4 is 4.74 Å². The van der Waals surface area contributed by atoms with Crippen molar-refractivity contribution in [2.45, 2.75) is 213 Å². The molecule has 1 amide bonds. The van der Waals surface area contributed by atoms with Gasteiger partial charge in [-0.05, 0) is 37.1 Å². The van der Waals surface area contributed by atoms with Crippen LogP contribution in [0, 0.1) is 0 Å². The summed E-state index contributed by atoms with van der Waals surface area (Å²) in [7, 11) is 0. The molecule has 0 saturated carbocycles. The van der Waals surface area contributed by atoms with Crippen molar-refractivity contribution in [1.29, 1.82) is 0 Å². The maximum absolute atomic E-state index is 13.0. The average molecular weight is 670 g/mol. The number of hydrogen-bond donors (Lipinski definition) is 0. The van der Waals surface area contributed by atoms with Gasteiger partial charge in [-0.25, -0.2) is 0 Å². The summed E-state index contributed by atoms with van der Waals surface area (Å²) in [5, 5.41) is 0. The van der Waals surface area contributed by atoms with E-state index in [0.29, 0.717) is 6.54 Å². The summed E-state index contributed by atoms with van der Waals surface area (Å²) in [5.74, 6) is 0.548. The monoisotopic (exact) mass is 670 g/mol. The Kier molecular flexibility index (Phi) is 26.2. The van der Waals surface area contributed by atoms with Crippen LogP contribution in [0.3, 0.4) is 0 Å². The SMILES string of the molecule is CCCCCCCCCCCCCCCCCCN1C(=O)CCC(=O)OC1c1ccc(OCCCCCCCCCCCCCC)cc1. The van der Waals surface area contributed by atoms with Crippen molar-refractivity contribution in [2.75, 3.05) is 13.2 Å². The van der Waals surface area contributed by atoms with Crippen LogP contribution in [-0.2, 0) is 14.3 Å². The highest BCUT2D eigenvalue weighted by molar-refractivity contribution is 5.83. The number of unbranched alkanes of at least 4 members (excludes halogenated alkanes) is 26. The second-order valence-corrected chi connectivity index (χ2v) is 14.5. The maximum atomic E-state index is 13.0. The summed E-state index contributed by atoms with van der Waals surface area (Å²) in [5.41, 5.74) is 0.841. The number of benzene rings is 1. The van der Waals surface area contributed by atoms with Crippen molar-refractivity contribution >= 4 is 11.9 Å². The molecule has 1 aromatic carbocycles. The Hall–Kier alpha value is -2.04. The van der Waals surface area contributed by atoms with Crippen LogP contribution in [0.5, 0.6) is 5.75 Å². The molecule has 1 heterocycles. The van der Waals surface area contributed by atoms with Crippen LogP contribution in [0.4, 0.5) is 0 Å². The van der Waals surface area contributed by atoms with Crippen LogP contribution in [0.2, 0.25) is 0 Å². The molecule has 1 aliphatic heterocycles. The Morgan fingerprint density at radius 2 is 0.938 bits per heavy atom. The Morgan fingerprint density at radius 3 is 1.38 bits per heavy atom. The number of nitrogens with zero attached hydrogens (tertiary/aromatic N) is 1. The number of cyclic esters (lactones) is 1. The van der Waals surface area contributed by atoms with Crippen molar-refractivity contribution < 1.29 is 19.1 Å². The lowest BCUT2D eigenvalue weighted by atomic mass is 10.0. The van der Waals surface area contributed by atoms with Gasteiger partial charge in [0.05, 0.1) is 13.0 Å². The summed E-state index contributed by atoms with van der Waals surface area (Å²) in [6.45, 7) is 5.91. The van der Waals surface area contributed by atoms with Gasteiger partial charge in [-0.1, -0.05) is 181 Å². The standard InChI is InChI=1S/C43H75NO4/c1-3-5-7-9-11-13-15-17-18-19-20-21-23-25-27-29-37-44-41(45)35-36-42(46)48-43(44)39-31-33-40(34-32-39)47-38-30-28-26-24-22-16-14-12-10-8-6-4-2/h31-34,43H,3-30,35-38H2,1-2H3. The van der Waals surface area contributed by atoms with Gasteiger partial charge < -0.3 is 14.4 Å². The first kappa shape index (κ1) is 42.1.